The van der Waals surface area contributed by atoms with Crippen molar-refractivity contribution >= 4 is 23.3 Å². The highest BCUT2D eigenvalue weighted by molar-refractivity contribution is 7.08. The van der Waals surface area contributed by atoms with Gasteiger partial charge in [0.15, 0.2) is 0 Å². The van der Waals surface area contributed by atoms with Gasteiger partial charge in [0.05, 0.1) is 0 Å². The lowest BCUT2D eigenvalue weighted by atomic mass is 10.1. The first-order valence-corrected chi connectivity index (χ1v) is 7.81. The van der Waals surface area contributed by atoms with Crippen LogP contribution in [0.2, 0.25) is 0 Å². The molecule has 0 bridgehead atoms. The average Bonchev–Trinajstić information content (AvgIpc) is 2.99. The lowest BCUT2D eigenvalue weighted by molar-refractivity contribution is -0.116. The molecule has 1 heterocycles. The van der Waals surface area contributed by atoms with Crippen LogP contribution in [-0.2, 0) is 11.2 Å². The van der Waals surface area contributed by atoms with Gasteiger partial charge in [-0.05, 0) is 53.3 Å². The summed E-state index contributed by atoms with van der Waals surface area (Å²) >= 11 is 1.63. The molecule has 3 heteroatoms. The van der Waals surface area contributed by atoms with Crippen LogP contribution in [0.15, 0.2) is 53.2 Å². The normalized spacial score (nSPS) is 10.8. The van der Waals surface area contributed by atoms with Crippen LogP contribution in [0.25, 0.3) is 6.08 Å². The first kappa shape index (κ1) is 14.5. The second-order valence-corrected chi connectivity index (χ2v) is 5.40. The molecule has 104 valence electrons. The third-order valence-electron chi connectivity index (χ3n) is 3.00. The molecule has 0 aliphatic rings. The second-order valence-electron chi connectivity index (χ2n) is 4.62. The predicted octanol–water partition coefficient (Wildman–Crippen LogP) is 3.90. The Morgan fingerprint density at radius 2 is 2.00 bits per heavy atom. The van der Waals surface area contributed by atoms with Crippen molar-refractivity contribution in [3.63, 3.8) is 0 Å². The molecule has 2 nitrogen and oxygen atoms in total. The van der Waals surface area contributed by atoms with E-state index >= 15 is 0 Å². The van der Waals surface area contributed by atoms with Crippen molar-refractivity contribution in [1.82, 2.24) is 5.32 Å². The Bertz CT molecular complexity index is 531. The Morgan fingerprint density at radius 3 is 2.75 bits per heavy atom. The lowest BCUT2D eigenvalue weighted by Crippen LogP contribution is -2.22. The van der Waals surface area contributed by atoms with Gasteiger partial charge in [-0.2, -0.15) is 11.3 Å². The van der Waals surface area contributed by atoms with E-state index in [9.17, 15) is 4.79 Å². The molecule has 1 N–H and O–H groups in total. The maximum atomic E-state index is 11.6. The Labute approximate surface area is 124 Å². The Morgan fingerprint density at radius 1 is 1.15 bits per heavy atom. The monoisotopic (exact) mass is 285 g/mol. The molecule has 0 aliphatic carbocycles. The molecule has 0 unspecified atom stereocenters. The van der Waals surface area contributed by atoms with Crippen LogP contribution < -0.4 is 5.32 Å². The van der Waals surface area contributed by atoms with Crippen LogP contribution in [-0.4, -0.2) is 12.5 Å². The quantitative estimate of drug-likeness (QED) is 0.606. The first-order chi connectivity index (χ1) is 9.84. The molecule has 2 aromatic rings. The molecule has 0 saturated carbocycles. The fourth-order valence-electron chi connectivity index (χ4n) is 1.91. The van der Waals surface area contributed by atoms with Crippen molar-refractivity contribution in [1.29, 1.82) is 0 Å². The van der Waals surface area contributed by atoms with Crippen molar-refractivity contribution in [2.45, 2.75) is 19.3 Å². The molecule has 0 radical (unpaired) electrons. The van der Waals surface area contributed by atoms with E-state index in [1.807, 2.05) is 29.0 Å². The van der Waals surface area contributed by atoms with Crippen molar-refractivity contribution in [2.75, 3.05) is 6.54 Å². The number of aryl methyl sites for hydroxylation is 1. The number of amides is 1. The summed E-state index contributed by atoms with van der Waals surface area (Å²) in [6.07, 6.45) is 6.61. The highest BCUT2D eigenvalue weighted by Crippen LogP contribution is 2.07. The molecule has 1 aromatic carbocycles. The number of carbonyl (C=O) groups is 1. The number of hydrogen-bond donors (Lipinski definition) is 1. The number of rotatable bonds is 7. The van der Waals surface area contributed by atoms with Crippen molar-refractivity contribution in [3.8, 4) is 0 Å². The number of hydrogen-bond acceptors (Lipinski definition) is 2. The van der Waals surface area contributed by atoms with Crippen LogP contribution >= 0.6 is 11.3 Å². The molecular formula is C17H19NOS. The molecular weight excluding hydrogens is 266 g/mol. The van der Waals surface area contributed by atoms with Gasteiger partial charge in [-0.3, -0.25) is 4.79 Å². The molecule has 0 saturated heterocycles. The van der Waals surface area contributed by atoms with Crippen LogP contribution in [0.4, 0.5) is 0 Å². The van der Waals surface area contributed by atoms with E-state index in [0.717, 1.165) is 31.4 Å². The molecule has 0 atom stereocenters. The summed E-state index contributed by atoms with van der Waals surface area (Å²) in [7, 11) is 0. The third-order valence-corrected chi connectivity index (χ3v) is 3.71. The van der Waals surface area contributed by atoms with Gasteiger partial charge >= 0.3 is 0 Å². The van der Waals surface area contributed by atoms with Crippen molar-refractivity contribution < 1.29 is 4.79 Å². The van der Waals surface area contributed by atoms with Crippen LogP contribution in [0, 0.1) is 0 Å². The van der Waals surface area contributed by atoms with Gasteiger partial charge in [0.1, 0.15) is 0 Å². The number of thiophene rings is 1. The molecule has 0 aliphatic heterocycles. The number of carbonyl (C=O) groups excluding carboxylic acids is 1. The molecule has 2 rings (SSSR count). The number of nitrogens with one attached hydrogen (secondary N) is 1. The highest BCUT2D eigenvalue weighted by atomic mass is 32.1. The number of unbranched alkanes of at least 4 members (excludes halogenated alkanes) is 1. The molecule has 20 heavy (non-hydrogen) atoms. The van der Waals surface area contributed by atoms with Gasteiger partial charge in [0, 0.05) is 12.6 Å². The summed E-state index contributed by atoms with van der Waals surface area (Å²) in [5, 5.41) is 6.93. The van der Waals surface area contributed by atoms with Crippen molar-refractivity contribution in [2.24, 2.45) is 0 Å². The van der Waals surface area contributed by atoms with Gasteiger partial charge in [0.25, 0.3) is 0 Å². The first-order valence-electron chi connectivity index (χ1n) is 6.86. The number of benzene rings is 1. The fraction of sp³-hybridized carbons (Fsp3) is 0.235. The molecule has 1 amide bonds. The van der Waals surface area contributed by atoms with Crippen LogP contribution in [0.5, 0.6) is 0 Å². The van der Waals surface area contributed by atoms with E-state index in [4.69, 9.17) is 0 Å². The Kier molecular flexibility index (Phi) is 6.06. The summed E-state index contributed by atoms with van der Waals surface area (Å²) < 4.78 is 0. The largest absolute Gasteiger partial charge is 0.353 e. The van der Waals surface area contributed by atoms with Gasteiger partial charge < -0.3 is 5.32 Å². The summed E-state index contributed by atoms with van der Waals surface area (Å²) in [5.74, 6) is -0.0177. The summed E-state index contributed by atoms with van der Waals surface area (Å²) in [6.45, 7) is 0.736. The van der Waals surface area contributed by atoms with Gasteiger partial charge in [-0.1, -0.05) is 30.3 Å². The van der Waals surface area contributed by atoms with E-state index in [-0.39, 0.29) is 5.91 Å². The zero-order chi connectivity index (χ0) is 14.0. The molecule has 0 fully saturated rings. The standard InChI is InChI=1S/C17H19NOS/c19-17(10-9-16-11-13-20-14-16)18-12-5-4-8-15-6-2-1-3-7-15/h1-3,6-7,9-11,13-14H,4-5,8,12H2,(H,18,19)/b10-9+. The smallest absolute Gasteiger partial charge is 0.243 e. The highest BCUT2D eigenvalue weighted by Gasteiger charge is 1.96. The maximum absolute atomic E-state index is 11.6. The zero-order valence-electron chi connectivity index (χ0n) is 11.4. The van der Waals surface area contributed by atoms with E-state index in [2.05, 4.69) is 29.6 Å². The van der Waals surface area contributed by atoms with Crippen LogP contribution in [0.1, 0.15) is 24.0 Å². The van der Waals surface area contributed by atoms with Crippen LogP contribution in [0.3, 0.4) is 0 Å². The molecule has 1 aromatic heterocycles. The minimum Gasteiger partial charge on any atom is -0.353 e. The average molecular weight is 285 g/mol. The van der Waals surface area contributed by atoms with E-state index in [1.54, 1.807) is 17.4 Å². The minimum atomic E-state index is -0.0177. The van der Waals surface area contributed by atoms with E-state index < -0.39 is 0 Å². The topological polar surface area (TPSA) is 29.1 Å². The van der Waals surface area contributed by atoms with Crippen molar-refractivity contribution in [3.05, 3.63) is 64.4 Å². The van der Waals surface area contributed by atoms with Gasteiger partial charge in [-0.25, -0.2) is 0 Å². The maximum Gasteiger partial charge on any atom is 0.243 e. The Hall–Kier alpha value is -1.87. The van der Waals surface area contributed by atoms with E-state index in [0.29, 0.717) is 0 Å². The lowest BCUT2D eigenvalue weighted by Gasteiger charge is -2.03. The SMILES string of the molecule is O=C(/C=C/c1ccsc1)NCCCCc1ccccc1. The third kappa shape index (κ3) is 5.41. The summed E-state index contributed by atoms with van der Waals surface area (Å²) in [5.41, 5.74) is 2.44. The predicted molar refractivity (Wildman–Crippen MR) is 85.7 cm³/mol. The zero-order valence-corrected chi connectivity index (χ0v) is 12.2. The minimum absolute atomic E-state index is 0.0177. The molecule has 0 spiro atoms. The summed E-state index contributed by atoms with van der Waals surface area (Å²) in [6, 6.07) is 12.4. The second kappa shape index (κ2) is 8.33. The summed E-state index contributed by atoms with van der Waals surface area (Å²) in [4.78, 5) is 11.6. The van der Waals surface area contributed by atoms with Gasteiger partial charge in [0.2, 0.25) is 5.91 Å². The van der Waals surface area contributed by atoms with Gasteiger partial charge in [-0.15, -0.1) is 0 Å². The van der Waals surface area contributed by atoms with E-state index in [1.165, 1.54) is 5.56 Å². The Balaban J connectivity index is 1.58. The fourth-order valence-corrected chi connectivity index (χ4v) is 2.54.